The van der Waals surface area contributed by atoms with E-state index < -0.39 is 0 Å². The number of hydrogen-bond acceptors (Lipinski definition) is 5. The zero-order chi connectivity index (χ0) is 20.9. The molecule has 0 aliphatic carbocycles. The Kier molecular flexibility index (Phi) is 6.55. The van der Waals surface area contributed by atoms with Crippen LogP contribution in [0.15, 0.2) is 58.5 Å². The van der Waals surface area contributed by atoms with Crippen LogP contribution in [-0.2, 0) is 6.54 Å². The van der Waals surface area contributed by atoms with Crippen LogP contribution in [0.25, 0.3) is 11.1 Å². The topological polar surface area (TPSA) is 54.7 Å². The molecular formula is C24H28N2O3S. The SMILES string of the molecule is CC(C)Oc1ccccc1-c1csc(C(=O)NCC2CCN(Cc3ccco3)C2)c1. The van der Waals surface area contributed by atoms with E-state index in [-0.39, 0.29) is 12.0 Å². The lowest BCUT2D eigenvalue weighted by Crippen LogP contribution is -2.30. The van der Waals surface area contributed by atoms with Gasteiger partial charge in [-0.3, -0.25) is 9.69 Å². The van der Waals surface area contributed by atoms with E-state index in [1.54, 1.807) is 6.26 Å². The van der Waals surface area contributed by atoms with Crippen molar-refractivity contribution in [3.05, 3.63) is 64.7 Å². The number of thiophene rings is 1. The predicted octanol–water partition coefficient (Wildman–Crippen LogP) is 5.05. The van der Waals surface area contributed by atoms with Crippen LogP contribution in [-0.4, -0.2) is 36.5 Å². The molecule has 3 heterocycles. The fourth-order valence-corrected chi connectivity index (χ4v) is 4.65. The van der Waals surface area contributed by atoms with E-state index in [0.717, 1.165) is 53.6 Å². The van der Waals surface area contributed by atoms with Gasteiger partial charge >= 0.3 is 0 Å². The van der Waals surface area contributed by atoms with E-state index in [2.05, 4.69) is 10.2 Å². The number of amides is 1. The van der Waals surface area contributed by atoms with Crippen molar-refractivity contribution in [3.63, 3.8) is 0 Å². The molecule has 0 saturated carbocycles. The third kappa shape index (κ3) is 5.12. The summed E-state index contributed by atoms with van der Waals surface area (Å²) in [4.78, 5) is 15.8. The molecule has 1 amide bonds. The molecule has 1 aliphatic heterocycles. The lowest BCUT2D eigenvalue weighted by atomic mass is 10.1. The molecule has 1 aliphatic rings. The molecule has 5 nitrogen and oxygen atoms in total. The number of nitrogens with one attached hydrogen (secondary N) is 1. The molecule has 2 aromatic heterocycles. The van der Waals surface area contributed by atoms with Crippen LogP contribution < -0.4 is 10.1 Å². The Labute approximate surface area is 181 Å². The Hall–Kier alpha value is -2.57. The predicted molar refractivity (Wildman–Crippen MR) is 120 cm³/mol. The summed E-state index contributed by atoms with van der Waals surface area (Å²) in [6, 6.07) is 13.9. The average molecular weight is 425 g/mol. The standard InChI is InChI=1S/C24H28N2O3S/c1-17(2)29-22-8-4-3-7-21(22)19-12-23(30-16-19)24(27)25-13-18-9-10-26(14-18)15-20-6-5-11-28-20/h3-8,11-12,16-18H,9-10,13-15H2,1-2H3,(H,25,27). The van der Waals surface area contributed by atoms with Crippen molar-refractivity contribution in [2.24, 2.45) is 5.92 Å². The highest BCUT2D eigenvalue weighted by Crippen LogP contribution is 2.33. The van der Waals surface area contributed by atoms with Gasteiger partial charge in [-0.05, 0) is 67.9 Å². The molecule has 4 rings (SSSR count). The van der Waals surface area contributed by atoms with Gasteiger partial charge in [-0.15, -0.1) is 11.3 Å². The lowest BCUT2D eigenvalue weighted by molar-refractivity contribution is 0.0951. The van der Waals surface area contributed by atoms with Gasteiger partial charge in [0.15, 0.2) is 0 Å². The van der Waals surface area contributed by atoms with E-state index >= 15 is 0 Å². The van der Waals surface area contributed by atoms with E-state index in [1.165, 1.54) is 11.3 Å². The van der Waals surface area contributed by atoms with E-state index in [0.29, 0.717) is 12.5 Å². The summed E-state index contributed by atoms with van der Waals surface area (Å²) in [5, 5.41) is 5.15. The monoisotopic (exact) mass is 424 g/mol. The maximum absolute atomic E-state index is 12.7. The minimum absolute atomic E-state index is 0.00186. The Morgan fingerprint density at radius 2 is 2.17 bits per heavy atom. The quantitative estimate of drug-likeness (QED) is 0.550. The molecule has 1 aromatic carbocycles. The van der Waals surface area contributed by atoms with Crippen molar-refractivity contribution >= 4 is 17.2 Å². The number of nitrogens with zero attached hydrogens (tertiary/aromatic N) is 1. The van der Waals surface area contributed by atoms with Gasteiger partial charge in [0.25, 0.3) is 5.91 Å². The first kappa shape index (κ1) is 20.7. The molecule has 3 aromatic rings. The summed E-state index contributed by atoms with van der Waals surface area (Å²) in [5.41, 5.74) is 2.04. The Balaban J connectivity index is 1.32. The van der Waals surface area contributed by atoms with Gasteiger partial charge in [-0.25, -0.2) is 0 Å². The molecule has 6 heteroatoms. The van der Waals surface area contributed by atoms with Gasteiger partial charge < -0.3 is 14.5 Å². The maximum Gasteiger partial charge on any atom is 0.261 e. The second-order valence-electron chi connectivity index (χ2n) is 8.04. The molecule has 1 unspecified atom stereocenters. The van der Waals surface area contributed by atoms with Crippen molar-refractivity contribution in [3.8, 4) is 16.9 Å². The largest absolute Gasteiger partial charge is 0.490 e. The molecule has 0 bridgehead atoms. The van der Waals surface area contributed by atoms with Crippen molar-refractivity contribution in [2.45, 2.75) is 32.9 Å². The van der Waals surface area contributed by atoms with Gasteiger partial charge in [-0.2, -0.15) is 0 Å². The third-order valence-electron chi connectivity index (χ3n) is 5.26. The van der Waals surface area contributed by atoms with Gasteiger partial charge in [0.2, 0.25) is 0 Å². The highest BCUT2D eigenvalue weighted by atomic mass is 32.1. The molecular weight excluding hydrogens is 396 g/mol. The normalized spacial score (nSPS) is 16.8. The van der Waals surface area contributed by atoms with Gasteiger partial charge in [0.05, 0.1) is 23.8 Å². The summed E-state index contributed by atoms with van der Waals surface area (Å²) in [5.74, 6) is 2.31. The van der Waals surface area contributed by atoms with E-state index in [4.69, 9.17) is 9.15 Å². The Bertz CT molecular complexity index is 965. The Morgan fingerprint density at radius 1 is 1.30 bits per heavy atom. The Morgan fingerprint density at radius 3 is 2.97 bits per heavy atom. The van der Waals surface area contributed by atoms with Crippen molar-refractivity contribution in [1.29, 1.82) is 0 Å². The summed E-state index contributed by atoms with van der Waals surface area (Å²) < 4.78 is 11.4. The molecule has 158 valence electrons. The first-order valence-electron chi connectivity index (χ1n) is 10.5. The van der Waals surface area contributed by atoms with Crippen LogP contribution in [0.3, 0.4) is 0 Å². The number of likely N-dealkylation sites (tertiary alicyclic amines) is 1. The molecule has 1 saturated heterocycles. The van der Waals surface area contributed by atoms with Gasteiger partial charge in [0, 0.05) is 18.7 Å². The molecule has 1 fully saturated rings. The zero-order valence-electron chi connectivity index (χ0n) is 17.5. The van der Waals surface area contributed by atoms with Gasteiger partial charge in [-0.1, -0.05) is 18.2 Å². The van der Waals surface area contributed by atoms with Crippen molar-refractivity contribution in [2.75, 3.05) is 19.6 Å². The van der Waals surface area contributed by atoms with Crippen LogP contribution in [0.1, 0.15) is 35.7 Å². The number of benzene rings is 1. The number of ether oxygens (including phenoxy) is 1. The van der Waals surface area contributed by atoms with Crippen LogP contribution in [0.2, 0.25) is 0 Å². The second-order valence-corrected chi connectivity index (χ2v) is 8.95. The van der Waals surface area contributed by atoms with Crippen LogP contribution in [0.5, 0.6) is 5.75 Å². The zero-order valence-corrected chi connectivity index (χ0v) is 18.3. The summed E-state index contributed by atoms with van der Waals surface area (Å²) in [7, 11) is 0. The van der Waals surface area contributed by atoms with Gasteiger partial charge in [0.1, 0.15) is 11.5 Å². The summed E-state index contributed by atoms with van der Waals surface area (Å²) >= 11 is 1.48. The first-order valence-corrected chi connectivity index (χ1v) is 11.3. The minimum Gasteiger partial charge on any atom is -0.490 e. The smallest absolute Gasteiger partial charge is 0.261 e. The van der Waals surface area contributed by atoms with E-state index in [1.807, 2.05) is 61.7 Å². The molecule has 0 radical (unpaired) electrons. The minimum atomic E-state index is -0.00186. The maximum atomic E-state index is 12.7. The number of rotatable bonds is 8. The number of carbonyl (C=O) groups excluding carboxylic acids is 1. The first-order chi connectivity index (χ1) is 14.6. The highest BCUT2D eigenvalue weighted by molar-refractivity contribution is 7.12. The van der Waals surface area contributed by atoms with Crippen molar-refractivity contribution in [1.82, 2.24) is 10.2 Å². The fourth-order valence-electron chi connectivity index (χ4n) is 3.83. The highest BCUT2D eigenvalue weighted by Gasteiger charge is 2.24. The second kappa shape index (κ2) is 9.49. The average Bonchev–Trinajstić information content (AvgIpc) is 3.49. The number of furan rings is 1. The van der Waals surface area contributed by atoms with E-state index in [9.17, 15) is 4.79 Å². The summed E-state index contributed by atoms with van der Waals surface area (Å²) in [6.45, 7) is 7.59. The van der Waals surface area contributed by atoms with Crippen LogP contribution >= 0.6 is 11.3 Å². The molecule has 30 heavy (non-hydrogen) atoms. The third-order valence-corrected chi connectivity index (χ3v) is 6.19. The number of para-hydroxylation sites is 1. The molecule has 0 spiro atoms. The van der Waals surface area contributed by atoms with Crippen LogP contribution in [0, 0.1) is 5.92 Å². The fraction of sp³-hybridized carbons (Fsp3) is 0.375. The lowest BCUT2D eigenvalue weighted by Gasteiger charge is -2.14. The number of carbonyl (C=O) groups is 1. The van der Waals surface area contributed by atoms with Crippen molar-refractivity contribution < 1.29 is 13.9 Å². The number of hydrogen-bond donors (Lipinski definition) is 1. The van der Waals surface area contributed by atoms with Crippen LogP contribution in [0.4, 0.5) is 0 Å². The molecule has 1 N–H and O–H groups in total. The summed E-state index contributed by atoms with van der Waals surface area (Å²) in [6.07, 6.45) is 2.91. The molecule has 1 atom stereocenters.